The number of aromatic nitrogens is 2. The minimum atomic E-state index is -4.88. The van der Waals surface area contributed by atoms with Crippen molar-refractivity contribution in [3.05, 3.63) is 18.7 Å². The van der Waals surface area contributed by atoms with E-state index in [0.717, 1.165) is 23.6 Å². The predicted molar refractivity (Wildman–Crippen MR) is 83.5 cm³/mol. The summed E-state index contributed by atoms with van der Waals surface area (Å²) in [5.41, 5.74) is 0. The Morgan fingerprint density at radius 3 is 2.54 bits per heavy atom. The van der Waals surface area contributed by atoms with E-state index in [-0.39, 0.29) is 24.3 Å². The van der Waals surface area contributed by atoms with Crippen molar-refractivity contribution in [2.45, 2.75) is 29.8 Å². The summed E-state index contributed by atoms with van der Waals surface area (Å²) in [6, 6.07) is -2.44. The van der Waals surface area contributed by atoms with Gasteiger partial charge in [-0.3, -0.25) is 14.7 Å². The first-order chi connectivity index (χ1) is 12.1. The first kappa shape index (κ1) is 18.4. The first-order valence-corrected chi connectivity index (χ1v) is 10.1. The fourth-order valence-corrected chi connectivity index (χ4v) is 4.16. The van der Waals surface area contributed by atoms with Gasteiger partial charge in [-0.15, -0.1) is 4.28 Å². The summed E-state index contributed by atoms with van der Waals surface area (Å²) < 4.78 is 61.3. The number of amides is 2. The molecule has 3 N–H and O–H groups in total. The monoisotopic (exact) mass is 406 g/mol. The Kier molecular flexibility index (Phi) is 4.55. The number of nitrogens with one attached hydrogen (secondary N) is 2. The van der Waals surface area contributed by atoms with Gasteiger partial charge in [0.25, 0.3) is 10.0 Å². The van der Waals surface area contributed by atoms with Crippen molar-refractivity contribution in [1.29, 1.82) is 5.41 Å². The van der Waals surface area contributed by atoms with Crippen LogP contribution in [0.2, 0.25) is 0 Å². The summed E-state index contributed by atoms with van der Waals surface area (Å²) in [6.07, 6.45) is 3.72. The summed E-state index contributed by atoms with van der Waals surface area (Å²) >= 11 is 0. The number of urea groups is 1. The van der Waals surface area contributed by atoms with Crippen LogP contribution in [0.3, 0.4) is 0 Å². The van der Waals surface area contributed by atoms with Crippen LogP contribution in [0.4, 0.5) is 4.79 Å². The Morgan fingerprint density at radius 1 is 1.27 bits per heavy atom. The standard InChI is InChI=1S/C11H14N6O7S2/c12-10(15-25(19,20)8-3-13-6-14-4-8)9-2-1-7-5-16(9)11(18)17(7)24-26(21,22)23/h3-4,6-7,9H,1-2,5H2,(H2,12,15)(H,21,22,23). The van der Waals surface area contributed by atoms with E-state index in [1.165, 1.54) is 0 Å². The highest BCUT2D eigenvalue weighted by Crippen LogP contribution is 2.31. The van der Waals surface area contributed by atoms with Gasteiger partial charge < -0.3 is 4.90 Å². The molecule has 0 aliphatic carbocycles. The van der Waals surface area contributed by atoms with E-state index < -0.39 is 44.4 Å². The Balaban J connectivity index is 1.75. The van der Waals surface area contributed by atoms with Gasteiger partial charge in [-0.2, -0.15) is 13.5 Å². The zero-order valence-corrected chi connectivity index (χ0v) is 14.6. The minimum absolute atomic E-state index is 0.0254. The molecule has 15 heteroatoms. The van der Waals surface area contributed by atoms with Crippen molar-refractivity contribution in [3.8, 4) is 0 Å². The van der Waals surface area contributed by atoms with Crippen LogP contribution in [-0.4, -0.2) is 71.8 Å². The zero-order chi connectivity index (χ0) is 19.1. The summed E-state index contributed by atoms with van der Waals surface area (Å²) in [4.78, 5) is 20.3. The number of piperidine rings is 1. The lowest BCUT2D eigenvalue weighted by Gasteiger charge is -2.30. The van der Waals surface area contributed by atoms with Crippen molar-refractivity contribution in [3.63, 3.8) is 0 Å². The summed E-state index contributed by atoms with van der Waals surface area (Å²) in [5, 5.41) is 8.54. The molecule has 13 nitrogen and oxygen atoms in total. The lowest BCUT2D eigenvalue weighted by Crippen LogP contribution is -2.50. The van der Waals surface area contributed by atoms with Crippen LogP contribution in [0.15, 0.2) is 23.6 Å². The van der Waals surface area contributed by atoms with Gasteiger partial charge in [0.1, 0.15) is 17.1 Å². The summed E-state index contributed by atoms with van der Waals surface area (Å²) in [7, 11) is -8.99. The molecule has 26 heavy (non-hydrogen) atoms. The quantitative estimate of drug-likeness (QED) is 0.305. The van der Waals surface area contributed by atoms with Crippen molar-refractivity contribution in [2.75, 3.05) is 6.54 Å². The minimum Gasteiger partial charge on any atom is -0.310 e. The van der Waals surface area contributed by atoms with E-state index in [9.17, 15) is 21.6 Å². The first-order valence-electron chi connectivity index (χ1n) is 7.21. The molecule has 0 aromatic carbocycles. The molecule has 3 heterocycles. The number of fused-ring (bicyclic) bond motifs is 2. The van der Waals surface area contributed by atoms with Crippen LogP contribution in [0.25, 0.3) is 0 Å². The van der Waals surface area contributed by atoms with E-state index in [1.54, 1.807) is 0 Å². The van der Waals surface area contributed by atoms with E-state index >= 15 is 0 Å². The molecule has 0 spiro atoms. The van der Waals surface area contributed by atoms with Gasteiger partial charge in [0, 0.05) is 6.54 Å². The van der Waals surface area contributed by atoms with Crippen molar-refractivity contribution < 1.29 is 30.5 Å². The molecule has 142 valence electrons. The molecule has 0 saturated carbocycles. The molecule has 1 aromatic heterocycles. The third kappa shape index (κ3) is 3.59. The zero-order valence-electron chi connectivity index (χ0n) is 13.0. The largest absolute Gasteiger partial charge is 0.418 e. The highest BCUT2D eigenvalue weighted by Gasteiger charge is 2.48. The molecule has 3 rings (SSSR count). The van der Waals surface area contributed by atoms with E-state index in [2.05, 4.69) is 19.0 Å². The fraction of sp³-hybridized carbons (Fsp3) is 0.455. The average Bonchev–Trinajstić information content (AvgIpc) is 2.79. The van der Waals surface area contributed by atoms with Gasteiger partial charge in [0.05, 0.1) is 24.5 Å². The number of amidine groups is 1. The molecule has 2 bridgehead atoms. The fourth-order valence-electron chi connectivity index (χ4n) is 2.83. The van der Waals surface area contributed by atoms with Gasteiger partial charge in [-0.25, -0.2) is 23.2 Å². The molecular weight excluding hydrogens is 392 g/mol. The van der Waals surface area contributed by atoms with E-state index in [1.807, 2.05) is 0 Å². The third-order valence-corrected chi connectivity index (χ3v) is 5.59. The summed E-state index contributed by atoms with van der Waals surface area (Å²) in [6.45, 7) is 0.0254. The van der Waals surface area contributed by atoms with E-state index in [0.29, 0.717) is 5.06 Å². The van der Waals surface area contributed by atoms with Crippen LogP contribution in [0, 0.1) is 5.41 Å². The lowest BCUT2D eigenvalue weighted by molar-refractivity contribution is -0.0316. The molecule has 2 aliphatic heterocycles. The molecule has 1 aromatic rings. The topological polar surface area (TPSA) is 183 Å². The maximum atomic E-state index is 12.3. The number of hydrogen-bond donors (Lipinski definition) is 3. The second kappa shape index (κ2) is 6.42. The second-order valence-corrected chi connectivity index (χ2v) is 8.29. The van der Waals surface area contributed by atoms with Gasteiger partial charge in [0.2, 0.25) is 0 Å². The maximum Gasteiger partial charge on any atom is 0.418 e. The molecule has 2 amide bonds. The van der Waals surface area contributed by atoms with E-state index in [4.69, 9.17) is 9.96 Å². The maximum absolute atomic E-state index is 12.3. The molecular formula is C11H14N6O7S2. The van der Waals surface area contributed by atoms with Crippen LogP contribution in [0.1, 0.15) is 12.8 Å². The van der Waals surface area contributed by atoms with Gasteiger partial charge in [0.15, 0.2) is 0 Å². The normalized spacial score (nSPS) is 23.2. The molecule has 2 unspecified atom stereocenters. The van der Waals surface area contributed by atoms with Crippen LogP contribution < -0.4 is 4.72 Å². The van der Waals surface area contributed by atoms with Crippen LogP contribution >= 0.6 is 0 Å². The predicted octanol–water partition coefficient (Wildman–Crippen LogP) is -1.26. The van der Waals surface area contributed by atoms with Crippen molar-refractivity contribution >= 4 is 32.3 Å². The number of carbonyl (C=O) groups excluding carboxylic acids is 1. The van der Waals surface area contributed by atoms with Crippen LogP contribution in [0.5, 0.6) is 0 Å². The Morgan fingerprint density at radius 2 is 1.92 bits per heavy atom. The van der Waals surface area contributed by atoms with Crippen molar-refractivity contribution in [1.82, 2.24) is 24.7 Å². The highest BCUT2D eigenvalue weighted by molar-refractivity contribution is 7.90. The summed E-state index contributed by atoms with van der Waals surface area (Å²) in [5.74, 6) is -0.464. The average molecular weight is 406 g/mol. The van der Waals surface area contributed by atoms with Gasteiger partial charge in [-0.05, 0) is 12.8 Å². The lowest BCUT2D eigenvalue weighted by atomic mass is 10.0. The smallest absolute Gasteiger partial charge is 0.310 e. The molecule has 2 atom stereocenters. The number of nitrogens with zero attached hydrogens (tertiary/aromatic N) is 4. The van der Waals surface area contributed by atoms with Crippen molar-refractivity contribution in [2.24, 2.45) is 0 Å². The third-order valence-electron chi connectivity index (χ3n) is 3.92. The Labute approximate surface area is 148 Å². The number of carbonyl (C=O) groups is 1. The SMILES string of the molecule is N=C(NS(=O)(=O)c1cncnc1)C1CCC2CN1C(=O)N2OS(=O)(=O)O. The van der Waals surface area contributed by atoms with Gasteiger partial charge >= 0.3 is 16.4 Å². The molecule has 2 fully saturated rings. The molecule has 2 saturated heterocycles. The number of sulfonamides is 1. The second-order valence-electron chi connectivity index (χ2n) is 5.60. The highest BCUT2D eigenvalue weighted by atomic mass is 32.3. The van der Waals surface area contributed by atoms with Crippen LogP contribution in [-0.2, 0) is 24.7 Å². The number of rotatable bonds is 5. The Hall–Kier alpha value is -2.36. The molecule has 0 radical (unpaired) electrons. The number of hydroxylamine groups is 2. The van der Waals surface area contributed by atoms with Gasteiger partial charge in [-0.1, -0.05) is 0 Å². The number of hydrogen-bond acceptors (Lipinski definition) is 9. The molecule has 2 aliphatic rings. The Bertz CT molecular complexity index is 935.